The molecule has 4 heteroatoms. The minimum atomic E-state index is -0.481. The van der Waals surface area contributed by atoms with Gasteiger partial charge in [-0.3, -0.25) is 0 Å². The van der Waals surface area contributed by atoms with Crippen molar-refractivity contribution >= 4 is 0 Å². The van der Waals surface area contributed by atoms with E-state index >= 15 is 0 Å². The van der Waals surface area contributed by atoms with Gasteiger partial charge < -0.3 is 19.7 Å². The summed E-state index contributed by atoms with van der Waals surface area (Å²) in [5, 5.41) is 21.7. The highest BCUT2D eigenvalue weighted by atomic mass is 16.7. The lowest BCUT2D eigenvalue weighted by Gasteiger charge is -2.66. The Morgan fingerprint density at radius 3 is 2.32 bits per heavy atom. The van der Waals surface area contributed by atoms with Crippen LogP contribution in [0.3, 0.4) is 0 Å². The molecule has 1 saturated heterocycles. The van der Waals surface area contributed by atoms with Crippen LogP contribution in [-0.2, 0) is 9.47 Å². The molecule has 28 heavy (non-hydrogen) atoms. The maximum absolute atomic E-state index is 11.4. The van der Waals surface area contributed by atoms with Crippen molar-refractivity contribution < 1.29 is 19.7 Å². The first-order valence-electron chi connectivity index (χ1n) is 11.9. The van der Waals surface area contributed by atoms with Gasteiger partial charge in [0.1, 0.15) is 0 Å². The number of aliphatic hydroxyl groups is 2. The summed E-state index contributed by atoms with van der Waals surface area (Å²) < 4.78 is 13.1. The molecule has 160 valence electrons. The molecule has 4 nitrogen and oxygen atoms in total. The van der Waals surface area contributed by atoms with E-state index in [9.17, 15) is 10.2 Å². The molecule has 0 bridgehead atoms. The molecule has 1 aliphatic heterocycles. The first kappa shape index (κ1) is 19.8. The minimum absolute atomic E-state index is 0.0167. The van der Waals surface area contributed by atoms with Gasteiger partial charge in [-0.1, -0.05) is 27.7 Å². The van der Waals surface area contributed by atoms with Crippen LogP contribution in [0.1, 0.15) is 72.6 Å². The number of hydrogen-bond acceptors (Lipinski definition) is 4. The second-order valence-corrected chi connectivity index (χ2v) is 11.6. The Labute approximate surface area is 170 Å². The van der Waals surface area contributed by atoms with Crippen LogP contribution in [0.4, 0.5) is 0 Å². The van der Waals surface area contributed by atoms with E-state index < -0.39 is 5.79 Å². The zero-order chi connectivity index (χ0) is 19.9. The molecule has 4 saturated carbocycles. The maximum atomic E-state index is 11.4. The van der Waals surface area contributed by atoms with Crippen LogP contribution in [0.15, 0.2) is 0 Å². The van der Waals surface area contributed by atoms with Gasteiger partial charge >= 0.3 is 0 Å². The van der Waals surface area contributed by atoms with Crippen LogP contribution in [-0.4, -0.2) is 41.4 Å². The predicted octanol–water partition coefficient (Wildman–Crippen LogP) is 3.99. The largest absolute Gasteiger partial charge is 0.393 e. The Bertz CT molecular complexity index is 614. The number of rotatable bonds is 1. The highest BCUT2D eigenvalue weighted by molar-refractivity contribution is 5.17. The number of ether oxygens (including phenoxy) is 2. The Morgan fingerprint density at radius 2 is 1.64 bits per heavy atom. The first-order valence-corrected chi connectivity index (χ1v) is 11.9. The molecule has 4 aliphatic carbocycles. The summed E-state index contributed by atoms with van der Waals surface area (Å²) in [6.45, 7) is 11.0. The first-order chi connectivity index (χ1) is 13.2. The van der Waals surface area contributed by atoms with Gasteiger partial charge in [0, 0.05) is 11.8 Å². The van der Waals surface area contributed by atoms with Gasteiger partial charge in [0.25, 0.3) is 0 Å². The Morgan fingerprint density at radius 1 is 0.929 bits per heavy atom. The lowest BCUT2D eigenvalue weighted by Crippen LogP contribution is -2.67. The summed E-state index contributed by atoms with van der Waals surface area (Å²) in [5.41, 5.74) is 0.167. The number of fused-ring (bicyclic) bond motifs is 6. The topological polar surface area (TPSA) is 58.9 Å². The molecule has 0 aromatic carbocycles. The monoisotopic (exact) mass is 392 g/mol. The third-order valence-corrected chi connectivity index (χ3v) is 10.4. The van der Waals surface area contributed by atoms with Gasteiger partial charge in [-0.25, -0.2) is 0 Å². The second kappa shape index (κ2) is 6.42. The summed E-state index contributed by atoms with van der Waals surface area (Å²) >= 11 is 0. The summed E-state index contributed by atoms with van der Waals surface area (Å²) in [4.78, 5) is 0. The molecule has 0 amide bonds. The molecule has 0 radical (unpaired) electrons. The fraction of sp³-hybridized carbons (Fsp3) is 1.00. The van der Waals surface area contributed by atoms with Crippen LogP contribution in [0.5, 0.6) is 0 Å². The summed E-state index contributed by atoms with van der Waals surface area (Å²) in [7, 11) is 0. The van der Waals surface area contributed by atoms with E-state index in [2.05, 4.69) is 27.7 Å². The van der Waals surface area contributed by atoms with Gasteiger partial charge in [-0.15, -0.1) is 0 Å². The Balaban J connectivity index is 1.59. The summed E-state index contributed by atoms with van der Waals surface area (Å²) in [6, 6.07) is 0. The molecule has 1 heterocycles. The highest BCUT2D eigenvalue weighted by Gasteiger charge is 2.72. The van der Waals surface area contributed by atoms with Crippen molar-refractivity contribution in [1.29, 1.82) is 0 Å². The van der Waals surface area contributed by atoms with Gasteiger partial charge in [-0.05, 0) is 79.4 Å². The summed E-state index contributed by atoms with van der Waals surface area (Å²) in [6.07, 6.45) is 6.58. The van der Waals surface area contributed by atoms with Crippen molar-refractivity contribution in [1.82, 2.24) is 0 Å². The third kappa shape index (κ3) is 2.38. The quantitative estimate of drug-likeness (QED) is 0.708. The fourth-order valence-corrected chi connectivity index (χ4v) is 9.13. The van der Waals surface area contributed by atoms with E-state index in [1.807, 2.05) is 0 Å². The minimum Gasteiger partial charge on any atom is -0.393 e. The fourth-order valence-electron chi connectivity index (χ4n) is 9.13. The molecule has 3 unspecified atom stereocenters. The van der Waals surface area contributed by atoms with E-state index in [1.165, 1.54) is 12.8 Å². The van der Waals surface area contributed by atoms with Crippen LogP contribution in [0.2, 0.25) is 0 Å². The smallest absolute Gasteiger partial charge is 0.174 e. The van der Waals surface area contributed by atoms with E-state index in [1.54, 1.807) is 0 Å². The zero-order valence-electron chi connectivity index (χ0n) is 18.2. The van der Waals surface area contributed by atoms with Crippen molar-refractivity contribution in [3.05, 3.63) is 0 Å². The van der Waals surface area contributed by atoms with Crippen LogP contribution < -0.4 is 0 Å². The zero-order valence-corrected chi connectivity index (χ0v) is 18.2. The molecular weight excluding hydrogens is 352 g/mol. The average Bonchev–Trinajstić information content (AvgIpc) is 3.24. The van der Waals surface area contributed by atoms with E-state index in [-0.39, 0.29) is 23.0 Å². The highest BCUT2D eigenvalue weighted by Crippen LogP contribution is 2.72. The van der Waals surface area contributed by atoms with E-state index in [0.717, 1.165) is 32.1 Å². The van der Waals surface area contributed by atoms with Crippen molar-refractivity contribution in [3.63, 3.8) is 0 Å². The molecule has 5 rings (SSSR count). The van der Waals surface area contributed by atoms with Gasteiger partial charge in [0.15, 0.2) is 5.79 Å². The van der Waals surface area contributed by atoms with Crippen molar-refractivity contribution in [2.45, 2.75) is 90.6 Å². The maximum Gasteiger partial charge on any atom is 0.174 e. The van der Waals surface area contributed by atoms with Gasteiger partial charge in [0.2, 0.25) is 0 Å². The van der Waals surface area contributed by atoms with Gasteiger partial charge in [0.05, 0.1) is 25.4 Å². The molecule has 5 aliphatic rings. The van der Waals surface area contributed by atoms with Crippen molar-refractivity contribution in [2.24, 2.45) is 46.3 Å². The predicted molar refractivity (Wildman–Crippen MR) is 107 cm³/mol. The van der Waals surface area contributed by atoms with Crippen LogP contribution >= 0.6 is 0 Å². The lowest BCUT2D eigenvalue weighted by molar-refractivity contribution is -0.322. The van der Waals surface area contributed by atoms with E-state index in [0.29, 0.717) is 48.7 Å². The molecule has 0 aromatic rings. The normalized spacial score (nSPS) is 55.2. The van der Waals surface area contributed by atoms with Crippen LogP contribution in [0.25, 0.3) is 0 Å². The standard InChI is InChI=1S/C24H40O4/c1-14(2)17-5-6-18-21-19(13-24(23(17,18)4)27-9-10-28-24)22(3)8-7-16(25)11-15(22)12-20(21)26/h14-21,25-26H,5-13H2,1-4H3/t15?,16-,17-,18+,19+,20?,21?,22+,23-/m1/s1. The second-order valence-electron chi connectivity index (χ2n) is 11.6. The molecule has 2 N–H and O–H groups in total. The molecule has 9 atom stereocenters. The average molecular weight is 393 g/mol. The van der Waals surface area contributed by atoms with Crippen molar-refractivity contribution in [2.75, 3.05) is 13.2 Å². The van der Waals surface area contributed by atoms with E-state index in [4.69, 9.17) is 9.47 Å². The molecule has 1 spiro atoms. The third-order valence-electron chi connectivity index (χ3n) is 10.4. The number of hydrogen-bond donors (Lipinski definition) is 2. The Hall–Kier alpha value is -0.160. The lowest BCUT2D eigenvalue weighted by atomic mass is 9.42. The SMILES string of the molecule is CC(C)[C@H]1CC[C@H]2C3C(O)CC4C[C@H](O)CC[C@]4(C)[C@H]3CC3(OCCO3)[C@]12C. The van der Waals surface area contributed by atoms with Crippen LogP contribution in [0, 0.1) is 46.3 Å². The van der Waals surface area contributed by atoms with Crippen molar-refractivity contribution in [3.8, 4) is 0 Å². The molecule has 0 aromatic heterocycles. The van der Waals surface area contributed by atoms with Gasteiger partial charge in [-0.2, -0.15) is 0 Å². The molecule has 5 fully saturated rings. The summed E-state index contributed by atoms with van der Waals surface area (Å²) in [5.74, 6) is 2.37. The molecular formula is C24H40O4. The number of aliphatic hydroxyl groups excluding tert-OH is 2. The Kier molecular flexibility index (Phi) is 4.53.